The highest BCUT2D eigenvalue weighted by atomic mass is 32.3. The zero-order valence-corrected chi connectivity index (χ0v) is 10.7. The van der Waals surface area contributed by atoms with E-state index in [1.807, 2.05) is 0 Å². The number of unbranched alkanes of at least 4 members (excludes halogenated alkanes) is 5. The fraction of sp³-hybridized carbons (Fsp3) is 1.00. The van der Waals surface area contributed by atoms with Gasteiger partial charge in [0.2, 0.25) is 0 Å². The summed E-state index contributed by atoms with van der Waals surface area (Å²) in [5, 5.41) is 0. The van der Waals surface area contributed by atoms with Crippen LogP contribution in [0.3, 0.4) is 0 Å². The monoisotopic (exact) mass is 254 g/mol. The van der Waals surface area contributed by atoms with Crippen LogP contribution in [0.5, 0.6) is 0 Å². The molecule has 1 N–H and O–H groups in total. The Morgan fingerprint density at radius 3 is 2.19 bits per heavy atom. The van der Waals surface area contributed by atoms with Gasteiger partial charge in [-0.05, 0) is 6.42 Å². The first-order chi connectivity index (χ1) is 7.56. The minimum absolute atomic E-state index is 0.130. The van der Waals surface area contributed by atoms with Gasteiger partial charge in [0.15, 0.2) is 0 Å². The molecule has 98 valence electrons. The maximum absolute atomic E-state index is 10.1. The van der Waals surface area contributed by atoms with E-state index in [0.717, 1.165) is 12.8 Å². The zero-order valence-electron chi connectivity index (χ0n) is 9.85. The fourth-order valence-corrected chi connectivity index (χ4v) is 1.56. The highest BCUT2D eigenvalue weighted by Gasteiger charge is 2.02. The molecule has 5 nitrogen and oxygen atoms in total. The Morgan fingerprint density at radius 1 is 0.938 bits per heavy atom. The van der Waals surface area contributed by atoms with Gasteiger partial charge in [-0.25, -0.2) is 4.18 Å². The lowest BCUT2D eigenvalue weighted by Gasteiger charge is -2.03. The van der Waals surface area contributed by atoms with Crippen molar-refractivity contribution < 1.29 is 21.9 Å². The Labute approximate surface area is 98.1 Å². The Morgan fingerprint density at radius 2 is 1.56 bits per heavy atom. The van der Waals surface area contributed by atoms with Gasteiger partial charge in [0.05, 0.1) is 13.2 Å². The van der Waals surface area contributed by atoms with Crippen LogP contribution in [0.4, 0.5) is 0 Å². The van der Waals surface area contributed by atoms with Gasteiger partial charge < -0.3 is 4.74 Å². The van der Waals surface area contributed by atoms with Gasteiger partial charge in [-0.3, -0.25) is 4.55 Å². The molecule has 0 aliphatic heterocycles. The molecule has 0 spiro atoms. The van der Waals surface area contributed by atoms with E-state index < -0.39 is 10.4 Å². The van der Waals surface area contributed by atoms with E-state index in [1.165, 1.54) is 25.7 Å². The SMILES string of the molecule is CCCCCCCCOCCOS(=O)(=O)O. The van der Waals surface area contributed by atoms with Gasteiger partial charge in [-0.15, -0.1) is 0 Å². The molecule has 0 aromatic rings. The molecule has 0 atom stereocenters. The third-order valence-corrected chi connectivity index (χ3v) is 2.57. The van der Waals surface area contributed by atoms with Crippen molar-refractivity contribution in [2.45, 2.75) is 45.4 Å². The van der Waals surface area contributed by atoms with Crippen molar-refractivity contribution in [3.8, 4) is 0 Å². The average Bonchev–Trinajstić information content (AvgIpc) is 2.19. The molecule has 0 heterocycles. The smallest absolute Gasteiger partial charge is 0.379 e. The van der Waals surface area contributed by atoms with Crippen molar-refractivity contribution in [3.05, 3.63) is 0 Å². The van der Waals surface area contributed by atoms with Crippen molar-refractivity contribution in [1.29, 1.82) is 0 Å². The highest BCUT2D eigenvalue weighted by molar-refractivity contribution is 7.80. The minimum atomic E-state index is -4.31. The summed E-state index contributed by atoms with van der Waals surface area (Å²) in [5.41, 5.74) is 0. The highest BCUT2D eigenvalue weighted by Crippen LogP contribution is 2.04. The maximum atomic E-state index is 10.1. The van der Waals surface area contributed by atoms with Crippen molar-refractivity contribution >= 4 is 10.4 Å². The Hall–Kier alpha value is -0.170. The molecule has 0 unspecified atom stereocenters. The number of ether oxygens (including phenoxy) is 1. The number of hydrogen-bond donors (Lipinski definition) is 1. The summed E-state index contributed by atoms with van der Waals surface area (Å²) >= 11 is 0. The third-order valence-electron chi connectivity index (χ3n) is 2.10. The summed E-state index contributed by atoms with van der Waals surface area (Å²) in [6.45, 7) is 2.85. The van der Waals surface area contributed by atoms with Crippen LogP contribution in [0.15, 0.2) is 0 Å². The lowest BCUT2D eigenvalue weighted by atomic mass is 10.1. The van der Waals surface area contributed by atoms with Crippen molar-refractivity contribution in [2.24, 2.45) is 0 Å². The lowest BCUT2D eigenvalue weighted by Crippen LogP contribution is -2.10. The summed E-state index contributed by atoms with van der Waals surface area (Å²) < 4.78 is 37.8. The third kappa shape index (κ3) is 13.8. The van der Waals surface area contributed by atoms with Crippen LogP contribution >= 0.6 is 0 Å². The molecule has 6 heteroatoms. The first kappa shape index (κ1) is 15.8. The molecule has 0 saturated carbocycles. The largest absolute Gasteiger partial charge is 0.397 e. The summed E-state index contributed by atoms with van der Waals surface area (Å²) in [6.07, 6.45) is 7.13. The van der Waals surface area contributed by atoms with Crippen molar-refractivity contribution in [2.75, 3.05) is 19.8 Å². The summed E-state index contributed by atoms with van der Waals surface area (Å²) in [5.74, 6) is 0. The molecule has 0 aromatic carbocycles. The molecule has 0 aromatic heterocycles. The molecule has 16 heavy (non-hydrogen) atoms. The molecule has 0 aliphatic carbocycles. The summed E-state index contributed by atoms with van der Waals surface area (Å²) in [4.78, 5) is 0. The van der Waals surface area contributed by atoms with Crippen LogP contribution in [0.2, 0.25) is 0 Å². The van der Waals surface area contributed by atoms with E-state index in [9.17, 15) is 8.42 Å². The predicted molar refractivity (Wildman–Crippen MR) is 61.7 cm³/mol. The van der Waals surface area contributed by atoms with E-state index in [2.05, 4.69) is 11.1 Å². The first-order valence-corrected chi connectivity index (χ1v) is 7.12. The van der Waals surface area contributed by atoms with E-state index in [1.54, 1.807) is 0 Å². The second-order valence-electron chi connectivity index (χ2n) is 3.63. The van der Waals surface area contributed by atoms with Gasteiger partial charge in [-0.1, -0.05) is 39.0 Å². The van der Waals surface area contributed by atoms with E-state index in [0.29, 0.717) is 6.61 Å². The Balaban J connectivity index is 3.05. The van der Waals surface area contributed by atoms with Crippen LogP contribution < -0.4 is 0 Å². The predicted octanol–water partition coefficient (Wildman–Crippen LogP) is 2.18. The Bertz CT molecular complexity index is 238. The van der Waals surface area contributed by atoms with Gasteiger partial charge in [0.25, 0.3) is 0 Å². The van der Waals surface area contributed by atoms with Crippen LogP contribution in [0.1, 0.15) is 45.4 Å². The zero-order chi connectivity index (χ0) is 12.3. The quantitative estimate of drug-likeness (QED) is 0.452. The summed E-state index contributed by atoms with van der Waals surface area (Å²) in [7, 11) is -4.31. The average molecular weight is 254 g/mol. The van der Waals surface area contributed by atoms with Crippen molar-refractivity contribution in [3.63, 3.8) is 0 Å². The van der Waals surface area contributed by atoms with Gasteiger partial charge in [0.1, 0.15) is 0 Å². The van der Waals surface area contributed by atoms with E-state index in [4.69, 9.17) is 9.29 Å². The van der Waals surface area contributed by atoms with Gasteiger partial charge >= 0.3 is 10.4 Å². The Kier molecular flexibility index (Phi) is 9.91. The van der Waals surface area contributed by atoms with E-state index in [-0.39, 0.29) is 13.2 Å². The number of hydrogen-bond acceptors (Lipinski definition) is 4. The summed E-state index contributed by atoms with van der Waals surface area (Å²) in [6, 6.07) is 0. The molecule has 0 radical (unpaired) electrons. The first-order valence-electron chi connectivity index (χ1n) is 5.76. The molecule has 0 fully saturated rings. The van der Waals surface area contributed by atoms with Gasteiger partial charge in [0, 0.05) is 6.61 Å². The number of rotatable bonds is 11. The van der Waals surface area contributed by atoms with E-state index >= 15 is 0 Å². The maximum Gasteiger partial charge on any atom is 0.397 e. The van der Waals surface area contributed by atoms with Crippen molar-refractivity contribution in [1.82, 2.24) is 0 Å². The normalized spacial score (nSPS) is 11.9. The van der Waals surface area contributed by atoms with Gasteiger partial charge in [-0.2, -0.15) is 8.42 Å². The minimum Gasteiger partial charge on any atom is -0.379 e. The lowest BCUT2D eigenvalue weighted by molar-refractivity contribution is 0.0945. The molecular weight excluding hydrogens is 232 g/mol. The molecule has 0 saturated heterocycles. The van der Waals surface area contributed by atoms with Crippen LogP contribution in [-0.2, 0) is 19.3 Å². The second-order valence-corrected chi connectivity index (χ2v) is 4.72. The standard InChI is InChI=1S/C10H22O5S/c1-2-3-4-5-6-7-8-14-9-10-15-16(11,12)13/h2-10H2,1H3,(H,11,12,13). The molecular formula is C10H22O5S. The topological polar surface area (TPSA) is 72.8 Å². The molecule has 0 rings (SSSR count). The molecule has 0 aliphatic rings. The van der Waals surface area contributed by atoms with Crippen LogP contribution in [0, 0.1) is 0 Å². The van der Waals surface area contributed by atoms with Crippen LogP contribution in [-0.4, -0.2) is 32.8 Å². The molecule has 0 bridgehead atoms. The fourth-order valence-electron chi connectivity index (χ4n) is 1.28. The molecule has 0 amide bonds. The van der Waals surface area contributed by atoms with Crippen LogP contribution in [0.25, 0.3) is 0 Å². The second kappa shape index (κ2) is 10.0.